The van der Waals surface area contributed by atoms with E-state index in [1.165, 1.54) is 50.8 Å². The Labute approximate surface area is 106 Å². The van der Waals surface area contributed by atoms with E-state index in [0.717, 1.165) is 17.2 Å². The van der Waals surface area contributed by atoms with Crippen molar-refractivity contribution in [3.63, 3.8) is 0 Å². The number of hydrogen-bond acceptors (Lipinski definition) is 2. The number of hydrogen-bond donors (Lipinski definition) is 1. The second-order valence-electron chi connectivity index (χ2n) is 5.29. The molecule has 2 heteroatoms. The van der Waals surface area contributed by atoms with Crippen molar-refractivity contribution in [2.75, 3.05) is 12.3 Å². The van der Waals surface area contributed by atoms with Gasteiger partial charge in [-0.05, 0) is 43.9 Å². The van der Waals surface area contributed by atoms with E-state index in [4.69, 9.17) is 0 Å². The zero-order valence-electron chi connectivity index (χ0n) is 11.3. The van der Waals surface area contributed by atoms with E-state index >= 15 is 0 Å². The molecule has 1 saturated carbocycles. The normalized spacial score (nSPS) is 27.9. The summed E-state index contributed by atoms with van der Waals surface area (Å²) in [6.07, 6.45) is 8.28. The maximum Gasteiger partial charge on any atom is 0.00776 e. The Morgan fingerprint density at radius 2 is 2.12 bits per heavy atom. The summed E-state index contributed by atoms with van der Waals surface area (Å²) in [5, 5.41) is 4.62. The van der Waals surface area contributed by atoms with Crippen LogP contribution in [-0.2, 0) is 0 Å². The van der Waals surface area contributed by atoms with E-state index in [0.29, 0.717) is 0 Å². The Bertz CT molecular complexity index is 172. The van der Waals surface area contributed by atoms with Crippen molar-refractivity contribution in [2.45, 2.75) is 70.6 Å². The van der Waals surface area contributed by atoms with Gasteiger partial charge in [-0.2, -0.15) is 11.8 Å². The molecule has 0 aliphatic heterocycles. The molecule has 1 nitrogen and oxygen atoms in total. The molecule has 0 aromatic rings. The van der Waals surface area contributed by atoms with Crippen LogP contribution < -0.4 is 5.32 Å². The van der Waals surface area contributed by atoms with Crippen molar-refractivity contribution in [3.8, 4) is 0 Å². The lowest BCUT2D eigenvalue weighted by molar-refractivity contribution is 0.381. The van der Waals surface area contributed by atoms with E-state index in [-0.39, 0.29) is 0 Å². The van der Waals surface area contributed by atoms with Gasteiger partial charge in [-0.3, -0.25) is 0 Å². The topological polar surface area (TPSA) is 12.0 Å². The van der Waals surface area contributed by atoms with Crippen LogP contribution in [0.25, 0.3) is 0 Å². The molecule has 0 saturated heterocycles. The molecule has 0 amide bonds. The maximum atomic E-state index is 3.69. The molecule has 3 atom stereocenters. The molecule has 0 heterocycles. The first-order chi connectivity index (χ1) is 7.76. The fourth-order valence-electron chi connectivity index (χ4n) is 2.25. The molecule has 0 radical (unpaired) electrons. The first kappa shape index (κ1) is 14.4. The maximum absolute atomic E-state index is 3.69. The molecule has 0 aromatic heterocycles. The predicted molar refractivity (Wildman–Crippen MR) is 76.3 cm³/mol. The molecule has 1 aliphatic rings. The first-order valence-corrected chi connectivity index (χ1v) is 8.16. The summed E-state index contributed by atoms with van der Waals surface area (Å²) in [7, 11) is 0. The van der Waals surface area contributed by atoms with Crippen LogP contribution in [0.3, 0.4) is 0 Å². The van der Waals surface area contributed by atoms with Crippen molar-refractivity contribution >= 4 is 11.8 Å². The summed E-state index contributed by atoms with van der Waals surface area (Å²) in [5.41, 5.74) is 0. The van der Waals surface area contributed by atoms with Crippen LogP contribution >= 0.6 is 11.8 Å². The fraction of sp³-hybridized carbons (Fsp3) is 1.00. The van der Waals surface area contributed by atoms with E-state index in [1.807, 2.05) is 0 Å². The van der Waals surface area contributed by atoms with Gasteiger partial charge < -0.3 is 5.32 Å². The molecule has 1 N–H and O–H groups in total. The molecule has 3 unspecified atom stereocenters. The lowest BCUT2D eigenvalue weighted by Gasteiger charge is -2.30. The molecule has 1 rings (SSSR count). The standard InChI is InChI=1S/C14H29NS/c1-4-9-15-13-7-6-8-14(10-13)16-11-12(3)5-2/h12-15H,4-11H2,1-3H3. The lowest BCUT2D eigenvalue weighted by atomic mass is 9.95. The second kappa shape index (κ2) is 8.41. The van der Waals surface area contributed by atoms with Crippen molar-refractivity contribution in [2.24, 2.45) is 5.92 Å². The molecule has 0 aromatic carbocycles. The van der Waals surface area contributed by atoms with Gasteiger partial charge in [0.2, 0.25) is 0 Å². The highest BCUT2D eigenvalue weighted by Crippen LogP contribution is 2.30. The highest BCUT2D eigenvalue weighted by molar-refractivity contribution is 7.99. The van der Waals surface area contributed by atoms with Gasteiger partial charge in [-0.1, -0.05) is 33.6 Å². The highest BCUT2D eigenvalue weighted by atomic mass is 32.2. The Hall–Kier alpha value is 0.310. The molecular weight excluding hydrogens is 214 g/mol. The van der Waals surface area contributed by atoms with Crippen LogP contribution in [0.1, 0.15) is 59.3 Å². The summed E-state index contributed by atoms with van der Waals surface area (Å²) in [5.74, 6) is 2.26. The van der Waals surface area contributed by atoms with Gasteiger partial charge in [-0.15, -0.1) is 0 Å². The van der Waals surface area contributed by atoms with E-state index < -0.39 is 0 Å². The second-order valence-corrected chi connectivity index (χ2v) is 6.62. The van der Waals surface area contributed by atoms with Gasteiger partial charge in [0.15, 0.2) is 0 Å². The van der Waals surface area contributed by atoms with Gasteiger partial charge in [0.25, 0.3) is 0 Å². The van der Waals surface area contributed by atoms with Crippen LogP contribution in [0, 0.1) is 5.92 Å². The minimum Gasteiger partial charge on any atom is -0.314 e. The van der Waals surface area contributed by atoms with Crippen LogP contribution in [-0.4, -0.2) is 23.6 Å². The summed E-state index contributed by atoms with van der Waals surface area (Å²) in [6.45, 7) is 8.14. The Morgan fingerprint density at radius 3 is 2.81 bits per heavy atom. The molecular formula is C14H29NS. The van der Waals surface area contributed by atoms with Crippen LogP contribution in [0.15, 0.2) is 0 Å². The number of rotatable bonds is 7. The summed E-state index contributed by atoms with van der Waals surface area (Å²) in [4.78, 5) is 0. The highest BCUT2D eigenvalue weighted by Gasteiger charge is 2.21. The van der Waals surface area contributed by atoms with E-state index in [9.17, 15) is 0 Å². The van der Waals surface area contributed by atoms with Crippen LogP contribution in [0.2, 0.25) is 0 Å². The van der Waals surface area contributed by atoms with E-state index in [1.54, 1.807) is 0 Å². The molecule has 0 bridgehead atoms. The van der Waals surface area contributed by atoms with Gasteiger partial charge >= 0.3 is 0 Å². The molecule has 96 valence electrons. The average molecular weight is 243 g/mol. The Kier molecular flexibility index (Phi) is 7.55. The largest absolute Gasteiger partial charge is 0.314 e. The van der Waals surface area contributed by atoms with Gasteiger partial charge in [0, 0.05) is 11.3 Å². The van der Waals surface area contributed by atoms with Crippen LogP contribution in [0.5, 0.6) is 0 Å². The van der Waals surface area contributed by atoms with Crippen molar-refractivity contribution in [3.05, 3.63) is 0 Å². The van der Waals surface area contributed by atoms with Gasteiger partial charge in [0.1, 0.15) is 0 Å². The molecule has 0 spiro atoms. The molecule has 1 aliphatic carbocycles. The SMILES string of the molecule is CCCNC1CCCC(SCC(C)CC)C1. The smallest absolute Gasteiger partial charge is 0.00776 e. The zero-order chi connectivity index (χ0) is 11.8. The molecule has 1 fully saturated rings. The minimum absolute atomic E-state index is 0.808. The first-order valence-electron chi connectivity index (χ1n) is 7.11. The zero-order valence-corrected chi connectivity index (χ0v) is 12.1. The van der Waals surface area contributed by atoms with Gasteiger partial charge in [-0.25, -0.2) is 0 Å². The predicted octanol–water partition coefficient (Wildman–Crippen LogP) is 4.08. The third-order valence-electron chi connectivity index (χ3n) is 3.62. The van der Waals surface area contributed by atoms with Gasteiger partial charge in [0.05, 0.1) is 0 Å². The molecule has 16 heavy (non-hydrogen) atoms. The number of nitrogens with one attached hydrogen (secondary N) is 1. The Balaban J connectivity index is 2.17. The third-order valence-corrected chi connectivity index (χ3v) is 5.28. The Morgan fingerprint density at radius 1 is 1.31 bits per heavy atom. The average Bonchev–Trinajstić information content (AvgIpc) is 2.34. The monoisotopic (exact) mass is 243 g/mol. The summed E-state index contributed by atoms with van der Waals surface area (Å²) in [6, 6.07) is 0.808. The van der Waals surface area contributed by atoms with Crippen molar-refractivity contribution in [1.29, 1.82) is 0 Å². The van der Waals surface area contributed by atoms with Crippen molar-refractivity contribution in [1.82, 2.24) is 5.32 Å². The summed E-state index contributed by atoms with van der Waals surface area (Å²) < 4.78 is 0. The number of thioether (sulfide) groups is 1. The van der Waals surface area contributed by atoms with Crippen LogP contribution in [0.4, 0.5) is 0 Å². The fourth-order valence-corrected chi connectivity index (χ4v) is 3.79. The third kappa shape index (κ3) is 5.58. The minimum atomic E-state index is 0.808. The van der Waals surface area contributed by atoms with Crippen molar-refractivity contribution < 1.29 is 0 Å². The summed E-state index contributed by atoms with van der Waals surface area (Å²) >= 11 is 2.23. The quantitative estimate of drug-likeness (QED) is 0.723. The van der Waals surface area contributed by atoms with E-state index in [2.05, 4.69) is 37.8 Å². The lowest BCUT2D eigenvalue weighted by Crippen LogP contribution is -2.35.